The van der Waals surface area contributed by atoms with Crippen molar-refractivity contribution in [3.63, 3.8) is 0 Å². The van der Waals surface area contributed by atoms with Gasteiger partial charge in [-0.25, -0.2) is 0 Å². The summed E-state index contributed by atoms with van der Waals surface area (Å²) in [6.45, 7) is 7.70. The molecule has 6 heteroatoms. The minimum absolute atomic E-state index is 0.124. The van der Waals surface area contributed by atoms with Crippen LogP contribution in [0.2, 0.25) is 0 Å². The average molecular weight is 274 g/mol. The Bertz CT molecular complexity index is 266. The second-order valence-corrected chi connectivity index (χ2v) is 5.34. The van der Waals surface area contributed by atoms with Gasteiger partial charge in [-0.3, -0.25) is 9.69 Å². The van der Waals surface area contributed by atoms with Gasteiger partial charge in [0.25, 0.3) is 5.91 Å². The molecule has 112 valence electrons. The molecular formula is C13H28N3O3+. The van der Waals surface area contributed by atoms with Crippen LogP contribution in [0.3, 0.4) is 0 Å². The lowest BCUT2D eigenvalue weighted by Crippen LogP contribution is -2.60. The number of ether oxygens (including phenoxy) is 2. The largest absolute Gasteiger partial charge is 0.382 e. The third-order valence-corrected chi connectivity index (χ3v) is 3.70. The van der Waals surface area contributed by atoms with Crippen molar-refractivity contribution in [3.05, 3.63) is 0 Å². The zero-order chi connectivity index (χ0) is 14.1. The molecule has 0 spiro atoms. The summed E-state index contributed by atoms with van der Waals surface area (Å²) < 4.78 is 11.2. The third kappa shape index (κ3) is 6.33. The first-order valence-electron chi connectivity index (χ1n) is 6.93. The number of amides is 1. The molecular weight excluding hydrogens is 246 g/mol. The lowest BCUT2D eigenvalue weighted by molar-refractivity contribution is -0.906. The quantitative estimate of drug-likeness (QED) is 0.463. The van der Waals surface area contributed by atoms with Gasteiger partial charge in [-0.2, -0.15) is 0 Å². The standard InChI is InChI=1S/C13H27N3O3/c1-14-13(17)12-16(2)7-4-15(5-8-16)6-9-19-11-10-18-3/h4-12H2,1-3H3/p+1. The van der Waals surface area contributed by atoms with Crippen LogP contribution in [0.1, 0.15) is 0 Å². The summed E-state index contributed by atoms with van der Waals surface area (Å²) in [5.74, 6) is 0.124. The van der Waals surface area contributed by atoms with Crippen LogP contribution in [0.15, 0.2) is 0 Å². The van der Waals surface area contributed by atoms with Gasteiger partial charge in [-0.05, 0) is 0 Å². The molecule has 0 saturated carbocycles. The fourth-order valence-electron chi connectivity index (χ4n) is 2.23. The molecule has 1 saturated heterocycles. The number of carbonyl (C=O) groups is 1. The highest BCUT2D eigenvalue weighted by Gasteiger charge is 2.30. The summed E-state index contributed by atoms with van der Waals surface area (Å²) >= 11 is 0. The van der Waals surface area contributed by atoms with E-state index in [1.165, 1.54) is 0 Å². The molecule has 0 unspecified atom stereocenters. The Labute approximate surface area is 116 Å². The van der Waals surface area contributed by atoms with E-state index in [4.69, 9.17) is 9.47 Å². The SMILES string of the molecule is CNC(=O)C[N+]1(C)CCN(CCOCCOC)CC1. The predicted molar refractivity (Wildman–Crippen MR) is 74.0 cm³/mol. The molecule has 1 amide bonds. The van der Waals surface area contributed by atoms with Crippen LogP contribution in [-0.2, 0) is 14.3 Å². The molecule has 0 aromatic carbocycles. The molecule has 6 nitrogen and oxygen atoms in total. The number of nitrogens with one attached hydrogen (secondary N) is 1. The molecule has 1 N–H and O–H groups in total. The van der Waals surface area contributed by atoms with Gasteiger partial charge >= 0.3 is 0 Å². The van der Waals surface area contributed by atoms with Crippen molar-refractivity contribution in [2.45, 2.75) is 0 Å². The molecule has 0 radical (unpaired) electrons. The van der Waals surface area contributed by atoms with E-state index in [0.29, 0.717) is 19.8 Å². The molecule has 1 aliphatic heterocycles. The lowest BCUT2D eigenvalue weighted by Gasteiger charge is -2.41. The van der Waals surface area contributed by atoms with Gasteiger partial charge in [-0.15, -0.1) is 0 Å². The number of quaternary nitrogens is 1. The molecule has 1 aliphatic rings. The van der Waals surface area contributed by atoms with E-state index >= 15 is 0 Å². The van der Waals surface area contributed by atoms with Gasteiger partial charge in [0, 0.05) is 33.8 Å². The maximum absolute atomic E-state index is 11.5. The van der Waals surface area contributed by atoms with Gasteiger partial charge in [0.05, 0.1) is 40.0 Å². The van der Waals surface area contributed by atoms with Crippen LogP contribution in [0.5, 0.6) is 0 Å². The van der Waals surface area contributed by atoms with Gasteiger partial charge in [0.2, 0.25) is 0 Å². The number of piperazine rings is 1. The van der Waals surface area contributed by atoms with Crippen molar-refractivity contribution in [1.29, 1.82) is 0 Å². The Hall–Kier alpha value is -0.690. The topological polar surface area (TPSA) is 50.8 Å². The monoisotopic (exact) mass is 274 g/mol. The number of methoxy groups -OCH3 is 1. The van der Waals surface area contributed by atoms with Crippen molar-refractivity contribution in [2.75, 3.05) is 80.3 Å². The Balaban J connectivity index is 2.15. The van der Waals surface area contributed by atoms with Crippen molar-refractivity contribution in [3.8, 4) is 0 Å². The van der Waals surface area contributed by atoms with Crippen molar-refractivity contribution in [1.82, 2.24) is 10.2 Å². The number of likely N-dealkylation sites (N-methyl/N-ethyl adjacent to an activating group) is 2. The zero-order valence-corrected chi connectivity index (χ0v) is 12.5. The lowest BCUT2D eigenvalue weighted by atomic mass is 10.2. The molecule has 0 aromatic heterocycles. The molecule has 1 heterocycles. The van der Waals surface area contributed by atoms with Crippen LogP contribution in [0, 0.1) is 0 Å². The highest BCUT2D eigenvalue weighted by atomic mass is 16.5. The third-order valence-electron chi connectivity index (χ3n) is 3.70. The fourth-order valence-corrected chi connectivity index (χ4v) is 2.23. The summed E-state index contributed by atoms with van der Waals surface area (Å²) in [4.78, 5) is 13.9. The van der Waals surface area contributed by atoms with Crippen LogP contribution in [0.25, 0.3) is 0 Å². The van der Waals surface area contributed by atoms with Crippen LogP contribution < -0.4 is 5.32 Å². The maximum atomic E-state index is 11.5. The summed E-state index contributed by atoms with van der Waals surface area (Å²) in [6.07, 6.45) is 0. The first-order valence-corrected chi connectivity index (χ1v) is 6.93. The normalized spacial score (nSPS) is 19.3. The van der Waals surface area contributed by atoms with E-state index in [2.05, 4.69) is 17.3 Å². The molecule has 0 bridgehead atoms. The number of hydrogen-bond donors (Lipinski definition) is 1. The number of carbonyl (C=O) groups excluding carboxylic acids is 1. The summed E-state index contributed by atoms with van der Waals surface area (Å²) in [5.41, 5.74) is 0. The molecule has 0 aromatic rings. The van der Waals surface area contributed by atoms with Crippen LogP contribution in [-0.4, -0.2) is 95.6 Å². The van der Waals surface area contributed by atoms with E-state index in [0.717, 1.165) is 43.8 Å². The van der Waals surface area contributed by atoms with E-state index in [9.17, 15) is 4.79 Å². The highest BCUT2D eigenvalue weighted by Crippen LogP contribution is 2.09. The van der Waals surface area contributed by atoms with Gasteiger partial charge in [-0.1, -0.05) is 0 Å². The Morgan fingerprint density at radius 1 is 1.26 bits per heavy atom. The smallest absolute Gasteiger partial charge is 0.275 e. The molecule has 1 rings (SSSR count). The summed E-state index contributed by atoms with van der Waals surface area (Å²) in [5, 5.41) is 2.70. The first-order chi connectivity index (χ1) is 9.09. The molecule has 1 fully saturated rings. The van der Waals surface area contributed by atoms with E-state index in [1.807, 2.05) is 0 Å². The molecule has 19 heavy (non-hydrogen) atoms. The van der Waals surface area contributed by atoms with E-state index in [-0.39, 0.29) is 5.91 Å². The van der Waals surface area contributed by atoms with Crippen LogP contribution >= 0.6 is 0 Å². The Morgan fingerprint density at radius 2 is 1.95 bits per heavy atom. The highest BCUT2D eigenvalue weighted by molar-refractivity contribution is 5.76. The average Bonchev–Trinajstić information content (AvgIpc) is 2.40. The second kappa shape index (κ2) is 8.47. The maximum Gasteiger partial charge on any atom is 0.275 e. The first kappa shape index (κ1) is 16.4. The van der Waals surface area contributed by atoms with Gasteiger partial charge in [0.15, 0.2) is 6.54 Å². The van der Waals surface area contributed by atoms with Gasteiger partial charge < -0.3 is 19.3 Å². The van der Waals surface area contributed by atoms with E-state index in [1.54, 1.807) is 14.2 Å². The Morgan fingerprint density at radius 3 is 2.53 bits per heavy atom. The Kier molecular flexibility index (Phi) is 7.30. The zero-order valence-electron chi connectivity index (χ0n) is 12.5. The van der Waals surface area contributed by atoms with E-state index < -0.39 is 0 Å². The van der Waals surface area contributed by atoms with Crippen molar-refractivity contribution >= 4 is 5.91 Å². The number of rotatable bonds is 8. The minimum atomic E-state index is 0.124. The fraction of sp³-hybridized carbons (Fsp3) is 0.923. The number of hydrogen-bond acceptors (Lipinski definition) is 4. The predicted octanol–water partition coefficient (Wildman–Crippen LogP) is -0.842. The minimum Gasteiger partial charge on any atom is -0.382 e. The van der Waals surface area contributed by atoms with Crippen molar-refractivity contribution < 1.29 is 18.8 Å². The van der Waals surface area contributed by atoms with Gasteiger partial charge in [0.1, 0.15) is 0 Å². The summed E-state index contributed by atoms with van der Waals surface area (Å²) in [7, 11) is 5.53. The number of nitrogens with zero attached hydrogens (tertiary/aromatic N) is 2. The molecule has 0 aliphatic carbocycles. The molecule has 0 atom stereocenters. The van der Waals surface area contributed by atoms with Crippen molar-refractivity contribution in [2.24, 2.45) is 0 Å². The van der Waals surface area contributed by atoms with Crippen LogP contribution in [0.4, 0.5) is 0 Å². The second-order valence-electron chi connectivity index (χ2n) is 5.34. The summed E-state index contributed by atoms with van der Waals surface area (Å²) in [6, 6.07) is 0.